The maximum atomic E-state index is 13.7. The fourth-order valence-corrected chi connectivity index (χ4v) is 5.65. The molecule has 0 fully saturated rings. The van der Waals surface area contributed by atoms with Crippen LogP contribution in [0.2, 0.25) is 0 Å². The molecule has 5 nitrogen and oxygen atoms in total. The summed E-state index contributed by atoms with van der Waals surface area (Å²) in [5.41, 5.74) is 8.61. The van der Waals surface area contributed by atoms with Crippen molar-refractivity contribution in [1.29, 1.82) is 0 Å². The third-order valence-electron chi connectivity index (χ3n) is 7.99. The van der Waals surface area contributed by atoms with E-state index in [-0.39, 0.29) is 5.78 Å². The molecule has 0 saturated carbocycles. The van der Waals surface area contributed by atoms with Gasteiger partial charge in [0.05, 0.1) is 11.4 Å². The van der Waals surface area contributed by atoms with Gasteiger partial charge in [-0.15, -0.1) is 0 Å². The molecule has 0 aliphatic rings. The fraction of sp³-hybridized carbons (Fsp3) is 0.103. The highest BCUT2D eigenvalue weighted by molar-refractivity contribution is 6.16. The largest absolute Gasteiger partial charge is 0.481 e. The van der Waals surface area contributed by atoms with Crippen LogP contribution >= 0.6 is 0 Å². The number of hydrogen-bond acceptors (Lipinski definition) is 4. The minimum absolute atomic E-state index is 0.0677. The Labute approximate surface area is 256 Å². The first-order chi connectivity index (χ1) is 21.5. The highest BCUT2D eigenvalue weighted by Crippen LogP contribution is 2.35. The van der Waals surface area contributed by atoms with Gasteiger partial charge in [-0.05, 0) is 53.3 Å². The van der Waals surface area contributed by atoms with Crippen LogP contribution in [-0.2, 0) is 17.8 Å². The molecule has 2 N–H and O–H groups in total. The number of benzene rings is 5. The lowest BCUT2D eigenvalue weighted by Gasteiger charge is -2.16. The first-order valence-electron chi connectivity index (χ1n) is 14.7. The minimum atomic E-state index is -0.833. The second-order valence-corrected chi connectivity index (χ2v) is 11.0. The zero-order valence-corrected chi connectivity index (χ0v) is 24.4. The number of rotatable bonds is 10. The number of carbonyl (C=O) groups excluding carboxylic acids is 1. The second-order valence-electron chi connectivity index (χ2n) is 11.0. The Morgan fingerprint density at radius 1 is 0.773 bits per heavy atom. The Bertz CT molecular complexity index is 1930. The van der Waals surface area contributed by atoms with E-state index in [9.17, 15) is 14.7 Å². The van der Waals surface area contributed by atoms with E-state index in [4.69, 9.17) is 4.98 Å². The molecule has 1 unspecified atom stereocenters. The predicted molar refractivity (Wildman–Crippen MR) is 176 cm³/mol. The molecule has 1 heterocycles. The topological polar surface area (TPSA) is 79.3 Å². The Morgan fingerprint density at radius 3 is 2.20 bits per heavy atom. The van der Waals surface area contributed by atoms with E-state index in [1.54, 1.807) is 6.20 Å². The van der Waals surface area contributed by atoms with Crippen molar-refractivity contribution in [3.63, 3.8) is 0 Å². The van der Waals surface area contributed by atoms with Crippen molar-refractivity contribution in [1.82, 2.24) is 4.98 Å². The second kappa shape index (κ2) is 12.8. The van der Waals surface area contributed by atoms with Crippen LogP contribution in [-0.4, -0.2) is 21.8 Å². The van der Waals surface area contributed by atoms with Crippen molar-refractivity contribution in [2.75, 3.05) is 5.32 Å². The molecule has 0 aliphatic heterocycles. The van der Waals surface area contributed by atoms with Gasteiger partial charge in [0.1, 0.15) is 0 Å². The molecule has 0 amide bonds. The molecule has 6 rings (SSSR count). The molecular formula is C39H32N2O3. The molecule has 0 radical (unpaired) electrons. The number of nitrogens with one attached hydrogen (secondary N) is 1. The maximum Gasteiger partial charge on any atom is 0.311 e. The molecule has 0 bridgehead atoms. The lowest BCUT2D eigenvalue weighted by atomic mass is 9.91. The molecule has 0 saturated heterocycles. The van der Waals surface area contributed by atoms with E-state index in [0.29, 0.717) is 24.1 Å². The first-order valence-corrected chi connectivity index (χ1v) is 14.7. The van der Waals surface area contributed by atoms with Crippen LogP contribution in [0.25, 0.3) is 22.0 Å². The van der Waals surface area contributed by atoms with E-state index < -0.39 is 11.9 Å². The van der Waals surface area contributed by atoms with Gasteiger partial charge in [0, 0.05) is 40.5 Å². The zero-order chi connectivity index (χ0) is 30.5. The quantitative estimate of drug-likeness (QED) is 0.160. The highest BCUT2D eigenvalue weighted by atomic mass is 16.4. The van der Waals surface area contributed by atoms with Crippen LogP contribution in [0.15, 0.2) is 134 Å². The molecule has 1 atom stereocenters. The van der Waals surface area contributed by atoms with Crippen molar-refractivity contribution in [3.8, 4) is 11.1 Å². The van der Waals surface area contributed by atoms with Gasteiger partial charge in [-0.25, -0.2) is 0 Å². The van der Waals surface area contributed by atoms with Crippen LogP contribution in [0, 0.1) is 6.92 Å². The number of hydrogen-bond donors (Lipinski definition) is 2. The summed E-state index contributed by atoms with van der Waals surface area (Å²) in [4.78, 5) is 30.4. The number of aromatic nitrogens is 1. The Morgan fingerprint density at radius 2 is 1.48 bits per heavy atom. The van der Waals surface area contributed by atoms with Crippen LogP contribution in [0.5, 0.6) is 0 Å². The molecule has 44 heavy (non-hydrogen) atoms. The molecule has 0 spiro atoms. The van der Waals surface area contributed by atoms with Crippen LogP contribution in [0.3, 0.4) is 0 Å². The lowest BCUT2D eigenvalue weighted by molar-refractivity contribution is -0.138. The predicted octanol–water partition coefficient (Wildman–Crippen LogP) is 8.46. The third-order valence-corrected chi connectivity index (χ3v) is 7.99. The van der Waals surface area contributed by atoms with Crippen molar-refractivity contribution >= 4 is 28.3 Å². The summed E-state index contributed by atoms with van der Waals surface area (Å²) in [5, 5.41) is 14.3. The normalized spacial score (nSPS) is 11.7. The van der Waals surface area contributed by atoms with E-state index in [0.717, 1.165) is 50.0 Å². The monoisotopic (exact) mass is 576 g/mol. The highest BCUT2D eigenvalue weighted by Gasteiger charge is 2.21. The number of anilines is 1. The molecular weight excluding hydrogens is 544 g/mol. The minimum Gasteiger partial charge on any atom is -0.481 e. The number of ketones is 1. The number of aryl methyl sites for hydroxylation is 1. The van der Waals surface area contributed by atoms with Gasteiger partial charge in [-0.3, -0.25) is 14.6 Å². The zero-order valence-electron chi connectivity index (χ0n) is 24.4. The third kappa shape index (κ3) is 6.13. The molecule has 216 valence electrons. The number of para-hydroxylation sites is 1. The Kier molecular flexibility index (Phi) is 8.28. The summed E-state index contributed by atoms with van der Waals surface area (Å²) in [5.74, 6) is -1.51. The summed E-state index contributed by atoms with van der Waals surface area (Å²) in [6, 6.07) is 40.9. The summed E-state index contributed by atoms with van der Waals surface area (Å²) in [6.45, 7) is 2.59. The number of carboxylic acids is 1. The standard InChI is InChI=1S/C39H32N2O3/c1-26-10-8-17-33-36(35(25-41-37(26)33)38(42)30-13-6-3-7-14-30)31-15-9-16-32(23-31)40-24-28-18-20-29(21-19-28)34(39(43)44)22-27-11-4-2-5-12-27/h2-21,23,25,34,40H,22,24H2,1H3,(H,43,44). The van der Waals surface area contributed by atoms with E-state index in [1.165, 1.54) is 0 Å². The van der Waals surface area contributed by atoms with Gasteiger partial charge in [0.15, 0.2) is 5.78 Å². The van der Waals surface area contributed by atoms with Crippen LogP contribution in [0.1, 0.15) is 44.1 Å². The average Bonchev–Trinajstić information content (AvgIpc) is 3.07. The molecule has 1 aromatic heterocycles. The van der Waals surface area contributed by atoms with Gasteiger partial charge in [0.2, 0.25) is 0 Å². The molecule has 0 aliphatic carbocycles. The van der Waals surface area contributed by atoms with Crippen molar-refractivity contribution in [2.24, 2.45) is 0 Å². The number of pyridine rings is 1. The average molecular weight is 577 g/mol. The van der Waals surface area contributed by atoms with Gasteiger partial charge < -0.3 is 10.4 Å². The fourth-order valence-electron chi connectivity index (χ4n) is 5.65. The summed E-state index contributed by atoms with van der Waals surface area (Å²) < 4.78 is 0. The van der Waals surface area contributed by atoms with Crippen molar-refractivity contribution in [3.05, 3.63) is 167 Å². The SMILES string of the molecule is Cc1cccc2c(-c3cccc(NCc4ccc(C(Cc5ccccc5)C(=O)O)cc4)c3)c(C(=O)c3ccccc3)cnc12. The van der Waals surface area contributed by atoms with Gasteiger partial charge in [-0.2, -0.15) is 0 Å². The number of carboxylic acid groups (broad SMARTS) is 1. The van der Waals surface area contributed by atoms with E-state index in [2.05, 4.69) is 11.4 Å². The summed E-state index contributed by atoms with van der Waals surface area (Å²) >= 11 is 0. The smallest absolute Gasteiger partial charge is 0.311 e. The van der Waals surface area contributed by atoms with E-state index in [1.807, 2.05) is 128 Å². The van der Waals surface area contributed by atoms with Gasteiger partial charge in [0.25, 0.3) is 0 Å². The number of aliphatic carboxylic acids is 1. The lowest BCUT2D eigenvalue weighted by Crippen LogP contribution is -2.14. The van der Waals surface area contributed by atoms with Crippen LogP contribution < -0.4 is 5.32 Å². The van der Waals surface area contributed by atoms with E-state index >= 15 is 0 Å². The van der Waals surface area contributed by atoms with Gasteiger partial charge >= 0.3 is 5.97 Å². The number of nitrogens with zero attached hydrogens (tertiary/aromatic N) is 1. The van der Waals surface area contributed by atoms with Crippen LogP contribution in [0.4, 0.5) is 5.69 Å². The van der Waals surface area contributed by atoms with Crippen molar-refractivity contribution in [2.45, 2.75) is 25.8 Å². The maximum absolute atomic E-state index is 13.7. The Hall–Kier alpha value is -5.55. The molecule has 6 aromatic rings. The Balaban J connectivity index is 1.26. The molecule has 5 heteroatoms. The molecule has 5 aromatic carbocycles. The number of carbonyl (C=O) groups is 2. The summed E-state index contributed by atoms with van der Waals surface area (Å²) in [6.07, 6.45) is 2.14. The summed E-state index contributed by atoms with van der Waals surface area (Å²) in [7, 11) is 0. The first kappa shape index (κ1) is 28.6. The van der Waals surface area contributed by atoms with Crippen molar-refractivity contribution < 1.29 is 14.7 Å². The van der Waals surface area contributed by atoms with Gasteiger partial charge in [-0.1, -0.05) is 115 Å². The number of fused-ring (bicyclic) bond motifs is 1.